The molecule has 1 heteroatoms. The van der Waals surface area contributed by atoms with Gasteiger partial charge in [0.2, 0.25) is 0 Å². The third-order valence-corrected chi connectivity index (χ3v) is 2.00. The van der Waals surface area contributed by atoms with Crippen LogP contribution in [0.3, 0.4) is 0 Å². The highest BCUT2D eigenvalue weighted by molar-refractivity contribution is 5.40. The van der Waals surface area contributed by atoms with Crippen LogP contribution in [0.4, 0.5) is 0 Å². The van der Waals surface area contributed by atoms with E-state index in [9.17, 15) is 0 Å². The lowest BCUT2D eigenvalue weighted by molar-refractivity contribution is 0.777. The minimum atomic E-state index is 1.10. The maximum atomic E-state index is 3.25. The van der Waals surface area contributed by atoms with Gasteiger partial charge in [-0.25, -0.2) is 0 Å². The first-order valence-electron chi connectivity index (χ1n) is 3.75. The summed E-state index contributed by atoms with van der Waals surface area (Å²) in [5.74, 6) is 0. The van der Waals surface area contributed by atoms with Crippen molar-refractivity contribution in [2.24, 2.45) is 0 Å². The number of nitrogens with one attached hydrogen (secondary N) is 1. The predicted octanol–water partition coefficient (Wildman–Crippen LogP) is 1.75. The van der Waals surface area contributed by atoms with E-state index in [1.807, 2.05) is 0 Å². The Morgan fingerprint density at radius 3 is 3.20 bits per heavy atom. The molecule has 0 fully saturated rings. The zero-order chi connectivity index (χ0) is 6.81. The fourth-order valence-electron chi connectivity index (χ4n) is 1.42. The highest BCUT2D eigenvalue weighted by Crippen LogP contribution is 2.23. The molecule has 0 saturated carbocycles. The van der Waals surface area contributed by atoms with Crippen LogP contribution in [0.15, 0.2) is 35.6 Å². The van der Waals surface area contributed by atoms with E-state index < -0.39 is 0 Å². The fourth-order valence-corrected chi connectivity index (χ4v) is 1.42. The molecule has 1 nitrogen and oxygen atoms in total. The summed E-state index contributed by atoms with van der Waals surface area (Å²) in [7, 11) is 0. The smallest absolute Gasteiger partial charge is 0.0182 e. The van der Waals surface area contributed by atoms with E-state index in [0.717, 1.165) is 13.0 Å². The maximum absolute atomic E-state index is 3.25. The van der Waals surface area contributed by atoms with E-state index in [1.54, 1.807) is 0 Å². The van der Waals surface area contributed by atoms with Crippen LogP contribution < -0.4 is 5.32 Å². The van der Waals surface area contributed by atoms with Crippen LogP contribution in [0.2, 0.25) is 0 Å². The lowest BCUT2D eigenvalue weighted by Crippen LogP contribution is -2.16. The van der Waals surface area contributed by atoms with E-state index in [2.05, 4.69) is 29.7 Å². The second-order valence-electron chi connectivity index (χ2n) is 2.70. The minimum absolute atomic E-state index is 1.10. The lowest BCUT2D eigenvalue weighted by atomic mass is 9.94. The quantitative estimate of drug-likeness (QED) is 0.531. The summed E-state index contributed by atoms with van der Waals surface area (Å²) >= 11 is 0. The van der Waals surface area contributed by atoms with E-state index >= 15 is 0 Å². The molecule has 0 atom stereocenters. The molecular formula is C9H11N. The van der Waals surface area contributed by atoms with Gasteiger partial charge in [-0.1, -0.05) is 18.2 Å². The van der Waals surface area contributed by atoms with Gasteiger partial charge >= 0.3 is 0 Å². The van der Waals surface area contributed by atoms with Crippen molar-refractivity contribution < 1.29 is 0 Å². The Morgan fingerprint density at radius 2 is 2.30 bits per heavy atom. The van der Waals surface area contributed by atoms with Crippen molar-refractivity contribution >= 4 is 0 Å². The average Bonchev–Trinajstić information content (AvgIpc) is 2.05. The van der Waals surface area contributed by atoms with Crippen LogP contribution in [-0.4, -0.2) is 6.54 Å². The highest BCUT2D eigenvalue weighted by Gasteiger charge is 2.08. The van der Waals surface area contributed by atoms with Gasteiger partial charge in [0, 0.05) is 12.7 Å². The Bertz CT molecular complexity index is 221. The predicted molar refractivity (Wildman–Crippen MR) is 42.5 cm³/mol. The van der Waals surface area contributed by atoms with Gasteiger partial charge in [0.15, 0.2) is 0 Å². The highest BCUT2D eigenvalue weighted by atomic mass is 14.8. The molecule has 0 amide bonds. The average molecular weight is 133 g/mol. The third kappa shape index (κ3) is 0.878. The van der Waals surface area contributed by atoms with Crippen LogP contribution in [0, 0.1) is 0 Å². The number of hydrogen-bond donors (Lipinski definition) is 1. The van der Waals surface area contributed by atoms with E-state index in [-0.39, 0.29) is 0 Å². The molecule has 0 spiro atoms. The lowest BCUT2D eigenvalue weighted by Gasteiger charge is -2.18. The topological polar surface area (TPSA) is 12.0 Å². The summed E-state index contributed by atoms with van der Waals surface area (Å²) in [4.78, 5) is 0. The standard InChI is InChI=1S/C9H11N/c1-2-4-9-7-10-6-5-8(9)3-1/h1-3,7,10H,4-6H2. The SMILES string of the molecule is C1=CCC2=CNCCC2=C1. The molecule has 1 heterocycles. The minimum Gasteiger partial charge on any atom is -0.390 e. The van der Waals surface area contributed by atoms with Gasteiger partial charge in [-0.3, -0.25) is 0 Å². The molecule has 1 aliphatic carbocycles. The van der Waals surface area contributed by atoms with Crippen molar-refractivity contribution in [1.29, 1.82) is 0 Å². The molecule has 0 aromatic heterocycles. The summed E-state index contributed by atoms with van der Waals surface area (Å²) in [5.41, 5.74) is 2.98. The molecule has 2 rings (SSSR count). The first-order valence-corrected chi connectivity index (χ1v) is 3.75. The van der Waals surface area contributed by atoms with Gasteiger partial charge in [-0.2, -0.15) is 0 Å². The molecule has 0 saturated heterocycles. The van der Waals surface area contributed by atoms with Gasteiger partial charge in [0.05, 0.1) is 0 Å². The van der Waals surface area contributed by atoms with Crippen LogP contribution in [-0.2, 0) is 0 Å². The van der Waals surface area contributed by atoms with Crippen LogP contribution in [0.5, 0.6) is 0 Å². The molecule has 1 N–H and O–H groups in total. The zero-order valence-corrected chi connectivity index (χ0v) is 5.93. The monoisotopic (exact) mass is 133 g/mol. The second kappa shape index (κ2) is 2.33. The van der Waals surface area contributed by atoms with Crippen molar-refractivity contribution in [2.45, 2.75) is 12.8 Å². The summed E-state index contributed by atoms with van der Waals surface area (Å²) in [6.07, 6.45) is 11.0. The fraction of sp³-hybridized carbons (Fsp3) is 0.333. The Kier molecular flexibility index (Phi) is 1.35. The number of allylic oxidation sites excluding steroid dienone is 4. The zero-order valence-electron chi connectivity index (χ0n) is 5.93. The van der Waals surface area contributed by atoms with Crippen molar-refractivity contribution in [2.75, 3.05) is 6.54 Å². The Morgan fingerprint density at radius 1 is 1.30 bits per heavy atom. The van der Waals surface area contributed by atoms with Crippen molar-refractivity contribution in [3.05, 3.63) is 35.6 Å². The molecular weight excluding hydrogens is 122 g/mol. The molecule has 2 aliphatic rings. The van der Waals surface area contributed by atoms with Crippen LogP contribution >= 0.6 is 0 Å². The van der Waals surface area contributed by atoms with Gasteiger partial charge in [-0.15, -0.1) is 0 Å². The number of rotatable bonds is 0. The molecule has 1 aliphatic heterocycles. The molecule has 10 heavy (non-hydrogen) atoms. The summed E-state index contributed by atoms with van der Waals surface area (Å²) in [6, 6.07) is 0. The van der Waals surface area contributed by atoms with E-state index in [4.69, 9.17) is 0 Å². The van der Waals surface area contributed by atoms with E-state index in [0.29, 0.717) is 0 Å². The summed E-state index contributed by atoms with van der Waals surface area (Å²) in [5, 5.41) is 3.25. The van der Waals surface area contributed by atoms with Crippen molar-refractivity contribution in [1.82, 2.24) is 5.32 Å². The molecule has 0 aromatic rings. The van der Waals surface area contributed by atoms with Crippen LogP contribution in [0.1, 0.15) is 12.8 Å². The maximum Gasteiger partial charge on any atom is 0.0182 e. The van der Waals surface area contributed by atoms with Gasteiger partial charge < -0.3 is 5.32 Å². The molecule has 0 radical (unpaired) electrons. The summed E-state index contributed by atoms with van der Waals surface area (Å²) < 4.78 is 0. The Hall–Kier alpha value is -0.980. The Balaban J connectivity index is 2.32. The van der Waals surface area contributed by atoms with Gasteiger partial charge in [0.25, 0.3) is 0 Å². The van der Waals surface area contributed by atoms with Crippen molar-refractivity contribution in [3.8, 4) is 0 Å². The van der Waals surface area contributed by atoms with Gasteiger partial charge in [-0.05, 0) is 24.0 Å². The molecule has 0 bridgehead atoms. The molecule has 0 unspecified atom stereocenters. The van der Waals surface area contributed by atoms with Crippen LogP contribution in [0.25, 0.3) is 0 Å². The first-order chi connectivity index (χ1) is 4.97. The summed E-state index contributed by atoms with van der Waals surface area (Å²) in [6.45, 7) is 1.10. The number of hydrogen-bond acceptors (Lipinski definition) is 1. The largest absolute Gasteiger partial charge is 0.390 e. The molecule has 0 aromatic carbocycles. The third-order valence-electron chi connectivity index (χ3n) is 2.00. The second-order valence-corrected chi connectivity index (χ2v) is 2.70. The van der Waals surface area contributed by atoms with Gasteiger partial charge in [0.1, 0.15) is 0 Å². The van der Waals surface area contributed by atoms with E-state index in [1.165, 1.54) is 17.6 Å². The first kappa shape index (κ1) is 5.78. The van der Waals surface area contributed by atoms with Crippen molar-refractivity contribution in [3.63, 3.8) is 0 Å². The molecule has 52 valence electrons. The Labute approximate surface area is 61.1 Å². The number of fused-ring (bicyclic) bond motifs is 1. The normalized spacial score (nSPS) is 22.4.